The Bertz CT molecular complexity index is 2970. The molecule has 8 rings (SSSR count). The molecule has 1 saturated heterocycles. The van der Waals surface area contributed by atoms with Crippen molar-refractivity contribution in [3.8, 4) is 38.1 Å². The molecule has 0 saturated carbocycles. The third-order valence-corrected chi connectivity index (χ3v) is 15.1. The Kier molecular flexibility index (Phi) is 14.4. The van der Waals surface area contributed by atoms with E-state index in [1.807, 2.05) is 112 Å². The first-order valence-corrected chi connectivity index (χ1v) is 24.7. The van der Waals surface area contributed by atoms with Crippen molar-refractivity contribution < 1.29 is 38.5 Å². The second-order valence-electron chi connectivity index (χ2n) is 18.8. The summed E-state index contributed by atoms with van der Waals surface area (Å²) in [6.07, 6.45) is -0.841. The van der Waals surface area contributed by atoms with E-state index < -0.39 is 59.9 Å². The Hall–Kier alpha value is -6.76. The minimum Gasteiger partial charge on any atom is -0.493 e. The quantitative estimate of drug-likeness (QED) is 0.0910. The number of thiazole rings is 1. The molecule has 0 aliphatic carbocycles. The fraction of sp³-hybridized carbons (Fsp3) is 0.385. The lowest BCUT2D eigenvalue weighted by atomic mass is 9.85. The van der Waals surface area contributed by atoms with Crippen LogP contribution < -0.4 is 20.1 Å². The molecule has 3 aromatic carbocycles. The molecule has 0 radical (unpaired) electrons. The number of aliphatic imine (C=N–C) groups is 1. The average Bonchev–Trinajstić information content (AvgIpc) is 4.11. The van der Waals surface area contributed by atoms with Gasteiger partial charge in [0.1, 0.15) is 29.0 Å². The van der Waals surface area contributed by atoms with E-state index in [1.54, 1.807) is 28.7 Å². The number of ether oxygens (including phenoxy) is 3. The number of amides is 3. The van der Waals surface area contributed by atoms with Gasteiger partial charge in [0.2, 0.25) is 11.8 Å². The summed E-state index contributed by atoms with van der Waals surface area (Å²) in [4.78, 5) is 67.4. The molecule has 0 bridgehead atoms. The molecule has 6 aromatic rings. The smallest absolute Gasteiger partial charge is 0.308 e. The van der Waals surface area contributed by atoms with Crippen molar-refractivity contribution in [2.45, 2.75) is 98.5 Å². The van der Waals surface area contributed by atoms with E-state index in [2.05, 4.69) is 39.7 Å². The van der Waals surface area contributed by atoms with Crippen molar-refractivity contribution >= 4 is 52.1 Å². The van der Waals surface area contributed by atoms with E-state index in [0.29, 0.717) is 23.1 Å². The molecular weight excluding hydrogens is 929 g/mol. The van der Waals surface area contributed by atoms with Crippen LogP contribution in [0.3, 0.4) is 0 Å². The first-order valence-electron chi connectivity index (χ1n) is 23.0. The Labute approximate surface area is 415 Å². The largest absolute Gasteiger partial charge is 0.493 e. The number of carbonyl (C=O) groups is 4. The zero-order valence-electron chi connectivity index (χ0n) is 40.9. The molecule has 0 spiro atoms. The number of β-amino-alcohol motifs (C(OH)–C–C–N with tert-alkyl or cyclic N) is 1. The lowest BCUT2D eigenvalue weighted by Gasteiger charge is -2.35. The number of aliphatic hydroxyl groups excluding tert-OH is 1. The maximum Gasteiger partial charge on any atom is 0.308 e. The van der Waals surface area contributed by atoms with Gasteiger partial charge in [-0.2, -0.15) is 0 Å². The first-order chi connectivity index (χ1) is 33.4. The third-order valence-electron chi connectivity index (χ3n) is 12.9. The zero-order chi connectivity index (χ0) is 50.2. The van der Waals surface area contributed by atoms with Gasteiger partial charge < -0.3 is 34.9 Å². The summed E-state index contributed by atoms with van der Waals surface area (Å²) in [7, 11) is 2.87. The standard InChI is InChI=1S/C52H58N8O8S2/c1-27-30(4)70-51-44(27)45(55-38(23-43(63)67-10)48-58-57-31(5)60(48)51)34-15-13-33(14-16-34)36-19-20-40(41(21-36)66-9)68-25-42(62)56-47(52(6,7)8)50(65)59-24-37(61)22-39(59)49(64)54-28(2)32-11-17-35(18-12-32)46-29(3)53-26-69-46/h11-21,26,28,37-39,47,61H,22-25H2,1-10H3,(H,54,64)(H,56,62)/t28-,37+,38-,39-,47?/m0/s1. The van der Waals surface area contributed by atoms with Crippen LogP contribution in [-0.2, 0) is 23.9 Å². The molecule has 5 heterocycles. The number of hydrogen-bond donors (Lipinski definition) is 3. The van der Waals surface area contributed by atoms with Gasteiger partial charge in [-0.15, -0.1) is 32.9 Å². The molecule has 18 heteroatoms. The maximum absolute atomic E-state index is 14.3. The average molecular weight is 987 g/mol. The van der Waals surface area contributed by atoms with Gasteiger partial charge in [-0.05, 0) is 80.0 Å². The van der Waals surface area contributed by atoms with Gasteiger partial charge in [0.25, 0.3) is 5.91 Å². The molecule has 3 aromatic heterocycles. The fourth-order valence-corrected chi connectivity index (χ4v) is 10.9. The number of rotatable bonds is 14. The van der Waals surface area contributed by atoms with Gasteiger partial charge >= 0.3 is 5.97 Å². The molecular formula is C52H58N8O8S2. The second kappa shape index (κ2) is 20.3. The number of aromatic nitrogens is 4. The molecule has 5 atom stereocenters. The van der Waals surface area contributed by atoms with E-state index in [0.717, 1.165) is 65.1 Å². The number of likely N-dealkylation sites (tertiary alicyclic amines) is 1. The van der Waals surface area contributed by atoms with Crippen LogP contribution in [0.4, 0.5) is 0 Å². The lowest BCUT2D eigenvalue weighted by Crippen LogP contribution is -2.58. The summed E-state index contributed by atoms with van der Waals surface area (Å²) in [5.74, 6) is 0.175. The molecule has 16 nitrogen and oxygen atoms in total. The minimum absolute atomic E-state index is 0.00464. The summed E-state index contributed by atoms with van der Waals surface area (Å²) in [6.45, 7) is 14.9. The number of nitrogens with one attached hydrogen (secondary N) is 2. The number of hydrogen-bond acceptors (Lipinski definition) is 14. The maximum atomic E-state index is 14.3. The van der Waals surface area contributed by atoms with Crippen LogP contribution in [0, 0.1) is 33.1 Å². The Morgan fingerprint density at radius 3 is 2.23 bits per heavy atom. The van der Waals surface area contributed by atoms with Gasteiger partial charge in [-0.3, -0.25) is 28.7 Å². The van der Waals surface area contributed by atoms with Crippen molar-refractivity contribution in [1.82, 2.24) is 35.3 Å². The van der Waals surface area contributed by atoms with Gasteiger partial charge in [0.05, 0.1) is 54.6 Å². The van der Waals surface area contributed by atoms with Gasteiger partial charge in [-0.1, -0.05) is 75.4 Å². The fourth-order valence-electron chi connectivity index (χ4n) is 8.91. The monoisotopic (exact) mass is 986 g/mol. The van der Waals surface area contributed by atoms with Crippen molar-refractivity contribution in [1.29, 1.82) is 0 Å². The van der Waals surface area contributed by atoms with Crippen LogP contribution in [0.15, 0.2) is 77.2 Å². The second-order valence-corrected chi connectivity index (χ2v) is 20.8. The highest BCUT2D eigenvalue weighted by Gasteiger charge is 2.45. The van der Waals surface area contributed by atoms with E-state index in [9.17, 15) is 24.3 Å². The summed E-state index contributed by atoms with van der Waals surface area (Å²) in [6, 6.07) is 18.3. The van der Waals surface area contributed by atoms with Crippen LogP contribution in [0.1, 0.15) is 97.1 Å². The number of carbonyl (C=O) groups excluding carboxylic acids is 4. The van der Waals surface area contributed by atoms with Gasteiger partial charge in [0.15, 0.2) is 23.9 Å². The van der Waals surface area contributed by atoms with Crippen LogP contribution in [0.2, 0.25) is 0 Å². The van der Waals surface area contributed by atoms with E-state index >= 15 is 0 Å². The number of benzene rings is 3. The number of aliphatic hydroxyl groups is 1. The van der Waals surface area contributed by atoms with E-state index in [4.69, 9.17) is 19.2 Å². The molecule has 2 aliphatic heterocycles. The van der Waals surface area contributed by atoms with Crippen LogP contribution in [-0.4, -0.2) is 105 Å². The molecule has 70 heavy (non-hydrogen) atoms. The Morgan fingerprint density at radius 1 is 0.886 bits per heavy atom. The van der Waals surface area contributed by atoms with Crippen molar-refractivity contribution in [2.75, 3.05) is 27.4 Å². The predicted molar refractivity (Wildman–Crippen MR) is 269 cm³/mol. The first kappa shape index (κ1) is 49.7. The summed E-state index contributed by atoms with van der Waals surface area (Å²) < 4.78 is 18.8. The van der Waals surface area contributed by atoms with Crippen molar-refractivity contribution in [2.24, 2.45) is 10.4 Å². The summed E-state index contributed by atoms with van der Waals surface area (Å²) in [5.41, 5.74) is 9.29. The van der Waals surface area contributed by atoms with Crippen LogP contribution in [0.5, 0.6) is 11.5 Å². The minimum atomic E-state index is -1.04. The number of methoxy groups -OCH3 is 2. The van der Waals surface area contributed by atoms with Gasteiger partial charge in [-0.25, -0.2) is 4.98 Å². The normalized spacial score (nSPS) is 17.4. The van der Waals surface area contributed by atoms with E-state index in [1.165, 1.54) is 19.1 Å². The predicted octanol–water partition coefficient (Wildman–Crippen LogP) is 7.57. The number of aryl methyl sites for hydroxylation is 3. The molecule has 3 N–H and O–H groups in total. The number of nitrogens with zero attached hydrogens (tertiary/aromatic N) is 6. The molecule has 366 valence electrons. The molecule has 2 aliphatic rings. The highest BCUT2D eigenvalue weighted by molar-refractivity contribution is 7.15. The highest BCUT2D eigenvalue weighted by Crippen LogP contribution is 2.41. The molecule has 1 unspecified atom stereocenters. The van der Waals surface area contributed by atoms with Gasteiger partial charge in [0, 0.05) is 29.0 Å². The van der Waals surface area contributed by atoms with E-state index in [-0.39, 0.29) is 25.4 Å². The topological polar surface area (TPSA) is 199 Å². The molecule has 1 fully saturated rings. The number of esters is 1. The summed E-state index contributed by atoms with van der Waals surface area (Å²) in [5, 5.41) is 26.4. The molecule has 3 amide bonds. The highest BCUT2D eigenvalue weighted by atomic mass is 32.1. The number of thiophene rings is 1. The summed E-state index contributed by atoms with van der Waals surface area (Å²) >= 11 is 3.20. The number of fused-ring (bicyclic) bond motifs is 3. The van der Waals surface area contributed by atoms with Crippen molar-refractivity contribution in [3.05, 3.63) is 117 Å². The lowest BCUT2D eigenvalue weighted by molar-refractivity contribution is -0.144. The zero-order valence-corrected chi connectivity index (χ0v) is 42.6. The van der Waals surface area contributed by atoms with Crippen LogP contribution >= 0.6 is 22.7 Å². The van der Waals surface area contributed by atoms with Crippen molar-refractivity contribution in [3.63, 3.8) is 0 Å². The SMILES string of the molecule is COC(=O)C[C@@H]1N=C(c2ccc(-c3ccc(OCC(=O)NC(C(=O)N4C[C@H](O)C[C@H]4C(=O)N[C@@H](C)c4ccc(-c5scnc5C)cc4)C(C)(C)C)c(OC)c3)cc2)c2c(sc(C)c2C)-n2c(C)nnc21. The van der Waals surface area contributed by atoms with Crippen LogP contribution in [0.25, 0.3) is 26.6 Å². The Morgan fingerprint density at radius 2 is 1.57 bits per heavy atom. The third kappa shape index (κ3) is 10.1. The Balaban J connectivity index is 0.934.